The van der Waals surface area contributed by atoms with Crippen molar-refractivity contribution >= 4 is 54.7 Å². The van der Waals surface area contributed by atoms with Gasteiger partial charge in [-0.25, -0.2) is 4.98 Å². The Hall–Kier alpha value is -2.42. The van der Waals surface area contributed by atoms with E-state index in [1.807, 2.05) is 18.2 Å². The molecule has 0 aliphatic carbocycles. The van der Waals surface area contributed by atoms with Crippen LogP contribution in [0.5, 0.6) is 0 Å². The number of hydrogen-bond donors (Lipinski definition) is 0. The molecule has 0 amide bonds. The van der Waals surface area contributed by atoms with E-state index in [0.717, 1.165) is 15.5 Å². The van der Waals surface area contributed by atoms with Gasteiger partial charge in [-0.2, -0.15) is 0 Å². The van der Waals surface area contributed by atoms with Gasteiger partial charge in [-0.15, -0.1) is 11.3 Å². The van der Waals surface area contributed by atoms with E-state index in [9.17, 15) is 0 Å². The van der Waals surface area contributed by atoms with Crippen LogP contribution >= 0.6 is 22.9 Å². The topological polar surface area (TPSA) is 12.9 Å². The van der Waals surface area contributed by atoms with Crippen molar-refractivity contribution in [3.8, 4) is 10.6 Å². The summed E-state index contributed by atoms with van der Waals surface area (Å²) in [7, 11) is 0. The summed E-state index contributed by atoms with van der Waals surface area (Å²) in [6.07, 6.45) is 0. The van der Waals surface area contributed by atoms with Crippen LogP contribution in [-0.4, -0.2) is 4.98 Å². The Morgan fingerprint density at radius 2 is 1.54 bits per heavy atom. The van der Waals surface area contributed by atoms with Gasteiger partial charge in [0, 0.05) is 10.6 Å². The first-order chi connectivity index (χ1) is 11.8. The van der Waals surface area contributed by atoms with E-state index in [-0.39, 0.29) is 0 Å². The van der Waals surface area contributed by atoms with Crippen LogP contribution in [0.3, 0.4) is 0 Å². The molecule has 0 spiro atoms. The molecule has 0 fully saturated rings. The first kappa shape index (κ1) is 14.0. The van der Waals surface area contributed by atoms with Crippen LogP contribution in [0, 0.1) is 0 Å². The van der Waals surface area contributed by atoms with Crippen molar-refractivity contribution in [2.24, 2.45) is 0 Å². The molecule has 114 valence electrons. The van der Waals surface area contributed by atoms with E-state index in [0.29, 0.717) is 0 Å². The van der Waals surface area contributed by atoms with E-state index in [1.54, 1.807) is 11.3 Å². The Kier molecular flexibility index (Phi) is 3.09. The van der Waals surface area contributed by atoms with Crippen molar-refractivity contribution in [2.75, 3.05) is 0 Å². The Labute approximate surface area is 148 Å². The number of nitrogens with zero attached hydrogens (tertiary/aromatic N) is 1. The molecule has 1 nitrogen and oxygen atoms in total. The van der Waals surface area contributed by atoms with Crippen molar-refractivity contribution in [2.45, 2.75) is 0 Å². The average Bonchev–Trinajstić information content (AvgIpc) is 3.03. The molecule has 0 atom stereocenters. The maximum Gasteiger partial charge on any atom is 0.124 e. The molecule has 0 unspecified atom stereocenters. The fourth-order valence-corrected chi connectivity index (χ4v) is 4.33. The van der Waals surface area contributed by atoms with E-state index < -0.39 is 0 Å². The van der Waals surface area contributed by atoms with Crippen LogP contribution in [0.1, 0.15) is 0 Å². The van der Waals surface area contributed by atoms with Gasteiger partial charge in [0.25, 0.3) is 0 Å². The molecule has 0 aliphatic heterocycles. The highest BCUT2D eigenvalue weighted by Gasteiger charge is 2.09. The van der Waals surface area contributed by atoms with Crippen LogP contribution in [0.25, 0.3) is 42.3 Å². The summed E-state index contributed by atoms with van der Waals surface area (Å²) < 4.78 is 1.21. The molecule has 5 aromatic rings. The van der Waals surface area contributed by atoms with Gasteiger partial charge in [0.1, 0.15) is 5.01 Å². The second-order valence-corrected chi connectivity index (χ2v) is 7.32. The third-order valence-corrected chi connectivity index (χ3v) is 5.63. The van der Waals surface area contributed by atoms with Crippen molar-refractivity contribution in [3.63, 3.8) is 0 Å². The first-order valence-electron chi connectivity index (χ1n) is 7.76. The summed E-state index contributed by atoms with van der Waals surface area (Å²) in [6, 6.07) is 25.1. The molecular weight excluding hydrogens is 334 g/mol. The zero-order chi connectivity index (χ0) is 16.1. The van der Waals surface area contributed by atoms with Gasteiger partial charge in [-0.1, -0.05) is 60.1 Å². The smallest absolute Gasteiger partial charge is 0.124 e. The van der Waals surface area contributed by atoms with Crippen molar-refractivity contribution in [1.29, 1.82) is 0 Å². The number of aromatic nitrogens is 1. The number of thiazole rings is 1. The number of hydrogen-bond acceptors (Lipinski definition) is 2. The van der Waals surface area contributed by atoms with E-state index in [2.05, 4.69) is 54.6 Å². The van der Waals surface area contributed by atoms with Gasteiger partial charge in [0.05, 0.1) is 10.2 Å². The van der Waals surface area contributed by atoms with Crippen molar-refractivity contribution in [1.82, 2.24) is 4.98 Å². The number of halogens is 1. The highest BCUT2D eigenvalue weighted by atomic mass is 35.5. The molecule has 3 heteroatoms. The van der Waals surface area contributed by atoms with Gasteiger partial charge in [0.2, 0.25) is 0 Å². The molecule has 1 heterocycles. The molecular formula is C21H12ClNS. The minimum Gasteiger partial charge on any atom is -0.236 e. The number of fused-ring (bicyclic) bond motifs is 4. The summed E-state index contributed by atoms with van der Waals surface area (Å²) in [6.45, 7) is 0. The summed E-state index contributed by atoms with van der Waals surface area (Å²) >= 11 is 7.87. The predicted molar refractivity (Wildman–Crippen MR) is 105 cm³/mol. The summed E-state index contributed by atoms with van der Waals surface area (Å²) in [5.74, 6) is 0. The molecule has 5 rings (SSSR count). The predicted octanol–water partition coefficient (Wildman–Crippen LogP) is 6.92. The SMILES string of the molecule is Clc1ccc2c(ccc3cc4nc(-c5ccccc5)sc4cc32)c1. The fraction of sp³-hybridized carbons (Fsp3) is 0. The minimum atomic E-state index is 0.770. The maximum absolute atomic E-state index is 6.13. The average molecular weight is 346 g/mol. The molecule has 4 aromatic carbocycles. The Morgan fingerprint density at radius 3 is 2.38 bits per heavy atom. The molecule has 0 aliphatic rings. The lowest BCUT2D eigenvalue weighted by Gasteiger charge is -2.04. The highest BCUT2D eigenvalue weighted by molar-refractivity contribution is 7.21. The molecule has 0 saturated heterocycles. The second kappa shape index (κ2) is 5.30. The van der Waals surface area contributed by atoms with Crippen LogP contribution in [0.15, 0.2) is 72.8 Å². The zero-order valence-corrected chi connectivity index (χ0v) is 14.2. The minimum absolute atomic E-state index is 0.770. The fourth-order valence-electron chi connectivity index (χ4n) is 3.16. The maximum atomic E-state index is 6.13. The van der Waals surface area contributed by atoms with Gasteiger partial charge in [-0.3, -0.25) is 0 Å². The third-order valence-electron chi connectivity index (χ3n) is 4.33. The first-order valence-corrected chi connectivity index (χ1v) is 8.95. The van der Waals surface area contributed by atoms with Crippen LogP contribution in [0.4, 0.5) is 0 Å². The molecule has 0 bridgehead atoms. The summed E-state index contributed by atoms with van der Waals surface area (Å²) in [5, 5.41) is 6.69. The molecule has 1 aromatic heterocycles. The quantitative estimate of drug-likeness (QED) is 0.300. The Balaban J connectivity index is 1.81. The summed E-state index contributed by atoms with van der Waals surface area (Å²) in [4.78, 5) is 4.82. The lowest BCUT2D eigenvalue weighted by atomic mass is 10.0. The number of rotatable bonds is 1. The van der Waals surface area contributed by atoms with Crippen LogP contribution in [-0.2, 0) is 0 Å². The Bertz CT molecular complexity index is 1210. The monoisotopic (exact) mass is 345 g/mol. The normalized spacial score (nSPS) is 11.5. The highest BCUT2D eigenvalue weighted by Crippen LogP contribution is 2.35. The second-order valence-electron chi connectivity index (χ2n) is 5.86. The third kappa shape index (κ3) is 2.19. The Morgan fingerprint density at radius 1 is 0.750 bits per heavy atom. The molecule has 0 saturated carbocycles. The van der Waals surface area contributed by atoms with Crippen molar-refractivity contribution in [3.05, 3.63) is 77.8 Å². The van der Waals surface area contributed by atoms with E-state index >= 15 is 0 Å². The largest absolute Gasteiger partial charge is 0.236 e. The van der Waals surface area contributed by atoms with Crippen LogP contribution in [0.2, 0.25) is 5.02 Å². The van der Waals surface area contributed by atoms with Gasteiger partial charge in [-0.05, 0) is 45.8 Å². The lowest BCUT2D eigenvalue weighted by molar-refractivity contribution is 1.48. The van der Waals surface area contributed by atoms with Crippen LogP contribution < -0.4 is 0 Å². The van der Waals surface area contributed by atoms with E-state index in [1.165, 1.54) is 31.8 Å². The van der Waals surface area contributed by atoms with E-state index in [4.69, 9.17) is 16.6 Å². The summed E-state index contributed by atoms with van der Waals surface area (Å²) in [5.41, 5.74) is 2.22. The number of benzene rings is 4. The zero-order valence-electron chi connectivity index (χ0n) is 12.7. The van der Waals surface area contributed by atoms with Gasteiger partial charge in [0.15, 0.2) is 0 Å². The van der Waals surface area contributed by atoms with Gasteiger partial charge >= 0.3 is 0 Å². The molecule has 24 heavy (non-hydrogen) atoms. The lowest BCUT2D eigenvalue weighted by Crippen LogP contribution is -1.79. The standard InChI is InChI=1S/C21H12ClNS/c22-16-8-9-17-14(10-16)6-7-15-11-19-20(12-18(15)17)24-21(23-19)13-4-2-1-3-5-13/h1-12H. The molecule has 0 radical (unpaired) electrons. The van der Waals surface area contributed by atoms with Gasteiger partial charge < -0.3 is 0 Å². The van der Waals surface area contributed by atoms with Crippen molar-refractivity contribution < 1.29 is 0 Å². The molecule has 0 N–H and O–H groups in total.